The fourth-order valence-corrected chi connectivity index (χ4v) is 2.11. The fraction of sp³-hybridized carbons (Fsp3) is 0.615. The maximum atomic E-state index is 12.4. The van der Waals surface area contributed by atoms with Crippen LogP contribution in [0.2, 0.25) is 0 Å². The topological polar surface area (TPSA) is 75.4 Å². The minimum absolute atomic E-state index is 0.0668. The highest BCUT2D eigenvalue weighted by molar-refractivity contribution is 5.95. The van der Waals surface area contributed by atoms with Gasteiger partial charge in [-0.25, -0.2) is 0 Å². The molecule has 2 amide bonds. The number of nitrogens with zero attached hydrogens (tertiary/aromatic N) is 2. The molecule has 1 atom stereocenters. The predicted molar refractivity (Wildman–Crippen MR) is 68.0 cm³/mol. The van der Waals surface area contributed by atoms with Crippen molar-refractivity contribution >= 4 is 11.8 Å². The van der Waals surface area contributed by atoms with Gasteiger partial charge in [-0.1, -0.05) is 25.9 Å². The maximum absolute atomic E-state index is 12.4. The van der Waals surface area contributed by atoms with Gasteiger partial charge in [0.25, 0.3) is 0 Å². The third-order valence-electron chi connectivity index (χ3n) is 3.09. The van der Waals surface area contributed by atoms with E-state index in [1.807, 2.05) is 20.8 Å². The number of carbonyl (C=O) groups is 2. The average Bonchev–Trinajstić information content (AvgIpc) is 2.67. The average molecular weight is 265 g/mol. The first-order valence-electron chi connectivity index (χ1n) is 6.28. The highest BCUT2D eigenvalue weighted by atomic mass is 16.5. The number of piperazine rings is 1. The first kappa shape index (κ1) is 13.6. The number of nitrogens with one attached hydrogen (secondary N) is 1. The van der Waals surface area contributed by atoms with E-state index in [0.717, 1.165) is 0 Å². The molecule has 0 aromatic carbocycles. The van der Waals surface area contributed by atoms with Crippen LogP contribution in [0.3, 0.4) is 0 Å². The number of hydrogen-bond acceptors (Lipinski definition) is 4. The monoisotopic (exact) mass is 265 g/mol. The summed E-state index contributed by atoms with van der Waals surface area (Å²) in [5.41, 5.74) is 0.346. The van der Waals surface area contributed by atoms with Gasteiger partial charge in [0.1, 0.15) is 24.0 Å². The Morgan fingerprint density at radius 1 is 1.47 bits per heavy atom. The van der Waals surface area contributed by atoms with Gasteiger partial charge in [-0.2, -0.15) is 0 Å². The van der Waals surface area contributed by atoms with E-state index in [9.17, 15) is 9.59 Å². The van der Waals surface area contributed by atoms with Gasteiger partial charge in [-0.15, -0.1) is 0 Å². The van der Waals surface area contributed by atoms with Crippen molar-refractivity contribution in [1.29, 1.82) is 0 Å². The van der Waals surface area contributed by atoms with Crippen LogP contribution in [0.4, 0.5) is 0 Å². The SMILES string of the molecule is Cc1cc(CN2CC(=O)NC(C(C)(C)C)C2=O)no1. The van der Waals surface area contributed by atoms with E-state index in [-0.39, 0.29) is 23.8 Å². The second kappa shape index (κ2) is 4.68. The van der Waals surface area contributed by atoms with Gasteiger partial charge in [-0.3, -0.25) is 9.59 Å². The molecule has 1 unspecified atom stereocenters. The standard InChI is InChI=1S/C13H19N3O3/c1-8-5-9(15-19-8)6-16-7-10(17)14-11(12(16)18)13(2,3)4/h5,11H,6-7H2,1-4H3,(H,14,17). The summed E-state index contributed by atoms with van der Waals surface area (Å²) in [4.78, 5) is 25.6. The molecule has 1 saturated heterocycles. The molecule has 104 valence electrons. The van der Waals surface area contributed by atoms with Gasteiger partial charge in [0, 0.05) is 6.07 Å². The van der Waals surface area contributed by atoms with Crippen LogP contribution in [0.25, 0.3) is 0 Å². The Hall–Kier alpha value is -1.85. The lowest BCUT2D eigenvalue weighted by molar-refractivity contribution is -0.148. The molecule has 19 heavy (non-hydrogen) atoms. The molecule has 1 fully saturated rings. The quantitative estimate of drug-likeness (QED) is 0.860. The molecule has 1 N–H and O–H groups in total. The Kier molecular flexibility index (Phi) is 3.34. The molecule has 6 nitrogen and oxygen atoms in total. The Bertz CT molecular complexity index is 501. The molecule has 1 aliphatic rings. The Morgan fingerprint density at radius 2 is 2.16 bits per heavy atom. The minimum atomic E-state index is -0.498. The second-order valence-corrected chi connectivity index (χ2v) is 5.99. The van der Waals surface area contributed by atoms with E-state index < -0.39 is 6.04 Å². The van der Waals surface area contributed by atoms with Crippen molar-refractivity contribution in [2.75, 3.05) is 6.54 Å². The van der Waals surface area contributed by atoms with Gasteiger partial charge < -0.3 is 14.7 Å². The molecule has 0 aliphatic carbocycles. The molecule has 1 aromatic rings. The molecule has 2 heterocycles. The molecule has 0 bridgehead atoms. The van der Waals surface area contributed by atoms with Crippen LogP contribution in [0, 0.1) is 12.3 Å². The van der Waals surface area contributed by atoms with Crippen molar-refractivity contribution in [1.82, 2.24) is 15.4 Å². The van der Waals surface area contributed by atoms with Crippen LogP contribution in [-0.4, -0.2) is 34.5 Å². The number of aromatic nitrogens is 1. The van der Waals surface area contributed by atoms with Crippen molar-refractivity contribution < 1.29 is 14.1 Å². The Balaban J connectivity index is 2.16. The molecule has 0 saturated carbocycles. The van der Waals surface area contributed by atoms with Gasteiger partial charge >= 0.3 is 0 Å². The number of amides is 2. The summed E-state index contributed by atoms with van der Waals surface area (Å²) in [6, 6.07) is 1.27. The molecule has 0 spiro atoms. The largest absolute Gasteiger partial charge is 0.361 e. The summed E-state index contributed by atoms with van der Waals surface area (Å²) < 4.78 is 4.97. The van der Waals surface area contributed by atoms with E-state index in [4.69, 9.17) is 4.52 Å². The van der Waals surface area contributed by atoms with Crippen LogP contribution < -0.4 is 5.32 Å². The number of aryl methyl sites for hydroxylation is 1. The number of carbonyl (C=O) groups excluding carboxylic acids is 2. The van der Waals surface area contributed by atoms with Crippen LogP contribution in [0.5, 0.6) is 0 Å². The van der Waals surface area contributed by atoms with Gasteiger partial charge in [0.05, 0.1) is 6.54 Å². The zero-order valence-corrected chi connectivity index (χ0v) is 11.7. The van der Waals surface area contributed by atoms with Crippen molar-refractivity contribution in [3.05, 3.63) is 17.5 Å². The second-order valence-electron chi connectivity index (χ2n) is 5.99. The first-order chi connectivity index (χ1) is 8.77. The summed E-state index contributed by atoms with van der Waals surface area (Å²) in [5, 5.41) is 6.61. The molecule has 0 radical (unpaired) electrons. The van der Waals surface area contributed by atoms with Crippen LogP contribution in [0.1, 0.15) is 32.2 Å². The zero-order chi connectivity index (χ0) is 14.2. The van der Waals surface area contributed by atoms with Crippen molar-refractivity contribution in [3.8, 4) is 0 Å². The maximum Gasteiger partial charge on any atom is 0.246 e. The molecule has 1 aromatic heterocycles. The third kappa shape index (κ3) is 2.94. The van der Waals surface area contributed by atoms with Crippen molar-refractivity contribution in [3.63, 3.8) is 0 Å². The number of rotatable bonds is 2. The highest BCUT2D eigenvalue weighted by Crippen LogP contribution is 2.24. The zero-order valence-electron chi connectivity index (χ0n) is 11.7. The molecule has 6 heteroatoms. The summed E-state index contributed by atoms with van der Waals surface area (Å²) in [7, 11) is 0. The lowest BCUT2D eigenvalue weighted by atomic mass is 9.85. The molecular formula is C13H19N3O3. The number of hydrogen-bond donors (Lipinski definition) is 1. The fourth-order valence-electron chi connectivity index (χ4n) is 2.11. The first-order valence-corrected chi connectivity index (χ1v) is 6.28. The lowest BCUT2D eigenvalue weighted by Gasteiger charge is -2.38. The summed E-state index contributed by atoms with van der Waals surface area (Å²) >= 11 is 0. The minimum Gasteiger partial charge on any atom is -0.361 e. The lowest BCUT2D eigenvalue weighted by Crippen LogP contribution is -2.61. The smallest absolute Gasteiger partial charge is 0.246 e. The molecule has 2 rings (SSSR count). The van der Waals surface area contributed by atoms with Crippen LogP contribution >= 0.6 is 0 Å². The van der Waals surface area contributed by atoms with E-state index in [1.54, 1.807) is 13.0 Å². The van der Waals surface area contributed by atoms with E-state index in [2.05, 4.69) is 10.5 Å². The normalized spacial score (nSPS) is 20.6. The van der Waals surface area contributed by atoms with Crippen LogP contribution in [-0.2, 0) is 16.1 Å². The Morgan fingerprint density at radius 3 is 2.68 bits per heavy atom. The summed E-state index contributed by atoms with van der Waals surface area (Å²) in [6.07, 6.45) is 0. The van der Waals surface area contributed by atoms with E-state index in [1.165, 1.54) is 4.90 Å². The van der Waals surface area contributed by atoms with E-state index in [0.29, 0.717) is 18.0 Å². The molecular weight excluding hydrogens is 246 g/mol. The van der Waals surface area contributed by atoms with E-state index >= 15 is 0 Å². The predicted octanol–water partition coefficient (Wildman–Crippen LogP) is 0.856. The Labute approximate surface area is 112 Å². The summed E-state index contributed by atoms with van der Waals surface area (Å²) in [6.45, 7) is 7.95. The van der Waals surface area contributed by atoms with Crippen molar-refractivity contribution in [2.24, 2.45) is 5.41 Å². The van der Waals surface area contributed by atoms with Gasteiger partial charge in [-0.05, 0) is 12.3 Å². The molecule has 1 aliphatic heterocycles. The van der Waals surface area contributed by atoms with Gasteiger partial charge in [0.2, 0.25) is 11.8 Å². The highest BCUT2D eigenvalue weighted by Gasteiger charge is 2.40. The summed E-state index contributed by atoms with van der Waals surface area (Å²) in [5.74, 6) is 0.476. The third-order valence-corrected chi connectivity index (χ3v) is 3.09. The van der Waals surface area contributed by atoms with Gasteiger partial charge in [0.15, 0.2) is 0 Å². The van der Waals surface area contributed by atoms with Crippen molar-refractivity contribution in [2.45, 2.75) is 40.3 Å². The van der Waals surface area contributed by atoms with Crippen LogP contribution in [0.15, 0.2) is 10.6 Å².